The van der Waals surface area contributed by atoms with Gasteiger partial charge in [-0.3, -0.25) is 4.79 Å². The van der Waals surface area contributed by atoms with E-state index in [-0.39, 0.29) is 5.91 Å². The lowest BCUT2D eigenvalue weighted by Gasteiger charge is -2.17. The first kappa shape index (κ1) is 13.5. The van der Waals surface area contributed by atoms with Crippen molar-refractivity contribution in [3.05, 3.63) is 58.3 Å². The van der Waals surface area contributed by atoms with Gasteiger partial charge in [-0.05, 0) is 45.8 Å². The molecular formula is C14H14BrN3O. The Balaban J connectivity index is 2.12. The van der Waals surface area contributed by atoms with Crippen LogP contribution in [0.4, 0.5) is 5.69 Å². The van der Waals surface area contributed by atoms with Crippen LogP contribution in [0.2, 0.25) is 0 Å². The number of aromatic nitrogens is 1. The zero-order chi connectivity index (χ0) is 13.8. The van der Waals surface area contributed by atoms with E-state index in [9.17, 15) is 4.79 Å². The molecule has 19 heavy (non-hydrogen) atoms. The van der Waals surface area contributed by atoms with Gasteiger partial charge in [0.25, 0.3) is 5.91 Å². The van der Waals surface area contributed by atoms with Crippen molar-refractivity contribution in [2.75, 3.05) is 12.8 Å². The molecule has 2 aromatic rings. The van der Waals surface area contributed by atoms with Gasteiger partial charge in [0.05, 0.1) is 0 Å². The Bertz CT molecular complexity index is 583. The highest BCUT2D eigenvalue weighted by atomic mass is 79.9. The Morgan fingerprint density at radius 3 is 2.63 bits per heavy atom. The summed E-state index contributed by atoms with van der Waals surface area (Å²) >= 11 is 3.33. The van der Waals surface area contributed by atoms with Crippen LogP contribution in [0.5, 0.6) is 0 Å². The van der Waals surface area contributed by atoms with Gasteiger partial charge in [-0.25, -0.2) is 4.98 Å². The Labute approximate surface area is 120 Å². The maximum absolute atomic E-state index is 12.2. The van der Waals surface area contributed by atoms with Crippen LogP contribution in [0.15, 0.2) is 47.1 Å². The van der Waals surface area contributed by atoms with Crippen LogP contribution in [0, 0.1) is 0 Å². The summed E-state index contributed by atoms with van der Waals surface area (Å²) in [6, 6.07) is 11.0. The van der Waals surface area contributed by atoms with Crippen LogP contribution in [0.1, 0.15) is 16.1 Å². The number of halogens is 1. The zero-order valence-electron chi connectivity index (χ0n) is 10.5. The first-order chi connectivity index (χ1) is 9.08. The topological polar surface area (TPSA) is 59.2 Å². The van der Waals surface area contributed by atoms with Crippen LogP contribution in [0.25, 0.3) is 0 Å². The molecule has 0 fully saturated rings. The monoisotopic (exact) mass is 319 g/mol. The minimum Gasteiger partial charge on any atom is -0.399 e. The summed E-state index contributed by atoms with van der Waals surface area (Å²) in [5.41, 5.74) is 7.79. The highest BCUT2D eigenvalue weighted by Gasteiger charge is 2.16. The Hall–Kier alpha value is -1.88. The summed E-state index contributed by atoms with van der Waals surface area (Å²) in [6.07, 6.45) is 1.61. The standard InChI is InChI=1S/C14H14BrN3O/c1-18(9-10-4-6-11(16)7-5-10)14(19)13-12(15)3-2-8-17-13/h2-8H,9,16H2,1H3. The van der Waals surface area contributed by atoms with Crippen molar-refractivity contribution in [1.29, 1.82) is 0 Å². The third-order valence-corrected chi connectivity index (χ3v) is 3.35. The van der Waals surface area contributed by atoms with Crippen LogP contribution in [-0.4, -0.2) is 22.8 Å². The number of rotatable bonds is 3. The predicted octanol–water partition coefficient (Wildman–Crippen LogP) is 2.70. The van der Waals surface area contributed by atoms with Gasteiger partial charge in [0, 0.05) is 29.9 Å². The molecule has 1 heterocycles. The number of carbonyl (C=O) groups excluding carboxylic acids is 1. The number of carbonyl (C=O) groups is 1. The lowest BCUT2D eigenvalue weighted by molar-refractivity contribution is 0.0778. The van der Waals surface area contributed by atoms with Gasteiger partial charge in [0.2, 0.25) is 0 Å². The highest BCUT2D eigenvalue weighted by molar-refractivity contribution is 9.10. The van der Waals surface area contributed by atoms with E-state index in [2.05, 4.69) is 20.9 Å². The SMILES string of the molecule is CN(Cc1ccc(N)cc1)C(=O)c1ncccc1Br. The second-order valence-corrected chi connectivity index (χ2v) is 5.09. The smallest absolute Gasteiger partial charge is 0.273 e. The molecule has 1 aromatic carbocycles. The fourth-order valence-electron chi connectivity index (χ4n) is 1.69. The van der Waals surface area contributed by atoms with Gasteiger partial charge in [-0.15, -0.1) is 0 Å². The number of anilines is 1. The van der Waals surface area contributed by atoms with Gasteiger partial charge in [0.15, 0.2) is 0 Å². The Kier molecular flexibility index (Phi) is 4.16. The van der Waals surface area contributed by atoms with Gasteiger partial charge >= 0.3 is 0 Å². The average molecular weight is 320 g/mol. The average Bonchev–Trinajstić information content (AvgIpc) is 2.41. The molecular weight excluding hydrogens is 306 g/mol. The van der Waals surface area contributed by atoms with E-state index in [4.69, 9.17) is 5.73 Å². The minimum absolute atomic E-state index is 0.121. The number of nitrogens with zero attached hydrogens (tertiary/aromatic N) is 2. The zero-order valence-corrected chi connectivity index (χ0v) is 12.1. The first-order valence-corrected chi connectivity index (χ1v) is 6.57. The van der Waals surface area contributed by atoms with Gasteiger partial charge in [0.1, 0.15) is 5.69 Å². The second kappa shape index (κ2) is 5.84. The molecule has 2 N–H and O–H groups in total. The quantitative estimate of drug-likeness (QED) is 0.885. The van der Waals surface area contributed by atoms with Crippen molar-refractivity contribution in [1.82, 2.24) is 9.88 Å². The molecule has 1 amide bonds. The number of hydrogen-bond acceptors (Lipinski definition) is 3. The number of benzene rings is 1. The highest BCUT2D eigenvalue weighted by Crippen LogP contribution is 2.16. The molecule has 1 aromatic heterocycles. The molecule has 5 heteroatoms. The molecule has 0 aliphatic heterocycles. The fourth-order valence-corrected chi connectivity index (χ4v) is 2.12. The second-order valence-electron chi connectivity index (χ2n) is 4.24. The number of pyridine rings is 1. The predicted molar refractivity (Wildman–Crippen MR) is 78.6 cm³/mol. The van der Waals surface area contributed by atoms with Crippen LogP contribution in [0.3, 0.4) is 0 Å². The fraction of sp³-hybridized carbons (Fsp3) is 0.143. The largest absolute Gasteiger partial charge is 0.399 e. The van der Waals surface area contributed by atoms with E-state index in [1.54, 1.807) is 30.3 Å². The molecule has 98 valence electrons. The maximum Gasteiger partial charge on any atom is 0.273 e. The summed E-state index contributed by atoms with van der Waals surface area (Å²) in [4.78, 5) is 18.0. The van der Waals surface area contributed by atoms with Crippen molar-refractivity contribution >= 4 is 27.5 Å². The Morgan fingerprint density at radius 2 is 2.00 bits per heavy atom. The van der Waals surface area contributed by atoms with Crippen LogP contribution >= 0.6 is 15.9 Å². The molecule has 4 nitrogen and oxygen atoms in total. The van der Waals surface area contributed by atoms with Crippen molar-refractivity contribution in [2.24, 2.45) is 0 Å². The maximum atomic E-state index is 12.2. The molecule has 0 atom stereocenters. The number of nitrogen functional groups attached to an aromatic ring is 1. The lowest BCUT2D eigenvalue weighted by atomic mass is 10.2. The molecule has 0 unspecified atom stereocenters. The molecule has 0 saturated heterocycles. The summed E-state index contributed by atoms with van der Waals surface area (Å²) in [7, 11) is 1.75. The van der Waals surface area contributed by atoms with E-state index >= 15 is 0 Å². The third kappa shape index (κ3) is 3.32. The molecule has 0 aliphatic carbocycles. The third-order valence-electron chi connectivity index (χ3n) is 2.71. The summed E-state index contributed by atoms with van der Waals surface area (Å²) < 4.78 is 0.698. The van der Waals surface area contributed by atoms with Crippen molar-refractivity contribution in [2.45, 2.75) is 6.54 Å². The number of hydrogen-bond donors (Lipinski definition) is 1. The van der Waals surface area contributed by atoms with Gasteiger partial charge in [-0.2, -0.15) is 0 Å². The molecule has 2 rings (SSSR count). The van der Waals surface area contributed by atoms with Gasteiger partial charge < -0.3 is 10.6 Å². The van der Waals surface area contributed by atoms with E-state index in [0.29, 0.717) is 22.4 Å². The minimum atomic E-state index is -0.121. The molecule has 0 aliphatic rings. The molecule has 0 bridgehead atoms. The van der Waals surface area contributed by atoms with Crippen molar-refractivity contribution in [3.63, 3.8) is 0 Å². The molecule has 0 spiro atoms. The summed E-state index contributed by atoms with van der Waals surface area (Å²) in [5.74, 6) is -0.121. The number of amides is 1. The van der Waals surface area contributed by atoms with E-state index in [1.807, 2.05) is 24.3 Å². The molecule has 0 saturated carbocycles. The lowest BCUT2D eigenvalue weighted by Crippen LogP contribution is -2.27. The summed E-state index contributed by atoms with van der Waals surface area (Å²) in [6.45, 7) is 0.516. The summed E-state index contributed by atoms with van der Waals surface area (Å²) in [5, 5.41) is 0. The Morgan fingerprint density at radius 1 is 1.32 bits per heavy atom. The van der Waals surface area contributed by atoms with E-state index in [0.717, 1.165) is 5.56 Å². The first-order valence-electron chi connectivity index (χ1n) is 5.78. The van der Waals surface area contributed by atoms with Crippen LogP contribution < -0.4 is 5.73 Å². The van der Waals surface area contributed by atoms with Gasteiger partial charge in [-0.1, -0.05) is 12.1 Å². The molecule has 0 radical (unpaired) electrons. The van der Waals surface area contributed by atoms with Crippen molar-refractivity contribution in [3.8, 4) is 0 Å². The van der Waals surface area contributed by atoms with E-state index in [1.165, 1.54) is 0 Å². The normalized spacial score (nSPS) is 10.2. The number of nitrogens with two attached hydrogens (primary N) is 1. The van der Waals surface area contributed by atoms with Crippen molar-refractivity contribution < 1.29 is 4.79 Å². The van der Waals surface area contributed by atoms with Crippen LogP contribution in [-0.2, 0) is 6.54 Å². The van der Waals surface area contributed by atoms with E-state index < -0.39 is 0 Å².